The highest BCUT2D eigenvalue weighted by Gasteiger charge is 2.40. The van der Waals surface area contributed by atoms with Gasteiger partial charge in [0.2, 0.25) is 5.91 Å². The van der Waals surface area contributed by atoms with E-state index in [4.69, 9.17) is 5.26 Å². The van der Waals surface area contributed by atoms with Crippen molar-refractivity contribution in [3.05, 3.63) is 0 Å². The molecule has 4 unspecified atom stereocenters. The van der Waals surface area contributed by atoms with E-state index in [0.29, 0.717) is 18.9 Å². The first-order chi connectivity index (χ1) is 8.10. The SMILES string of the molecule is CC(C#N)CN(C)C(=O)CC1CC2CCC1C2. The van der Waals surface area contributed by atoms with Crippen LogP contribution in [0.15, 0.2) is 0 Å². The summed E-state index contributed by atoms with van der Waals surface area (Å²) in [7, 11) is 1.82. The van der Waals surface area contributed by atoms with E-state index in [1.165, 1.54) is 25.7 Å². The lowest BCUT2D eigenvalue weighted by Crippen LogP contribution is -2.32. The van der Waals surface area contributed by atoms with Crippen LogP contribution in [0.3, 0.4) is 0 Å². The highest BCUT2D eigenvalue weighted by Crippen LogP contribution is 2.49. The van der Waals surface area contributed by atoms with Crippen LogP contribution < -0.4 is 0 Å². The second kappa shape index (κ2) is 5.08. The average Bonchev–Trinajstić information content (AvgIpc) is 2.90. The zero-order valence-electron chi connectivity index (χ0n) is 10.9. The second-order valence-electron chi connectivity index (χ2n) is 5.94. The van der Waals surface area contributed by atoms with Crippen molar-refractivity contribution >= 4 is 5.91 Å². The Hall–Kier alpha value is -1.04. The average molecular weight is 234 g/mol. The van der Waals surface area contributed by atoms with Crippen LogP contribution in [0, 0.1) is 35.0 Å². The van der Waals surface area contributed by atoms with E-state index in [0.717, 1.165) is 11.8 Å². The fourth-order valence-electron chi connectivity index (χ4n) is 3.56. The van der Waals surface area contributed by atoms with Gasteiger partial charge in [0.15, 0.2) is 0 Å². The first-order valence-corrected chi connectivity index (χ1v) is 6.73. The molecule has 17 heavy (non-hydrogen) atoms. The van der Waals surface area contributed by atoms with Crippen LogP contribution in [0.25, 0.3) is 0 Å². The van der Waals surface area contributed by atoms with Crippen molar-refractivity contribution in [1.82, 2.24) is 4.90 Å². The molecule has 0 aliphatic heterocycles. The number of amides is 1. The first kappa shape index (κ1) is 12.4. The van der Waals surface area contributed by atoms with Gasteiger partial charge in [-0.25, -0.2) is 0 Å². The minimum Gasteiger partial charge on any atom is -0.344 e. The topological polar surface area (TPSA) is 44.1 Å². The van der Waals surface area contributed by atoms with Crippen LogP contribution in [0.2, 0.25) is 0 Å². The summed E-state index contributed by atoms with van der Waals surface area (Å²) in [6.45, 7) is 2.43. The normalized spacial score (nSPS) is 32.2. The van der Waals surface area contributed by atoms with Crippen LogP contribution in [-0.2, 0) is 4.79 Å². The Morgan fingerprint density at radius 1 is 1.47 bits per heavy atom. The van der Waals surface area contributed by atoms with Crippen molar-refractivity contribution in [2.45, 2.75) is 39.0 Å². The van der Waals surface area contributed by atoms with E-state index in [1.54, 1.807) is 4.90 Å². The van der Waals surface area contributed by atoms with Crippen molar-refractivity contribution in [1.29, 1.82) is 5.26 Å². The maximum Gasteiger partial charge on any atom is 0.222 e. The van der Waals surface area contributed by atoms with E-state index in [9.17, 15) is 4.79 Å². The summed E-state index contributed by atoms with van der Waals surface area (Å²) in [5.41, 5.74) is 0. The molecule has 3 heteroatoms. The predicted molar refractivity (Wildman–Crippen MR) is 66.0 cm³/mol. The maximum atomic E-state index is 12.0. The molecule has 2 fully saturated rings. The van der Waals surface area contributed by atoms with Crippen LogP contribution in [0.5, 0.6) is 0 Å². The fraction of sp³-hybridized carbons (Fsp3) is 0.857. The minimum atomic E-state index is -0.0658. The Kier molecular flexibility index (Phi) is 3.71. The summed E-state index contributed by atoms with van der Waals surface area (Å²) >= 11 is 0. The number of rotatable bonds is 4. The summed E-state index contributed by atoms with van der Waals surface area (Å²) in [4.78, 5) is 13.8. The Labute approximate surface area is 104 Å². The van der Waals surface area contributed by atoms with E-state index in [1.807, 2.05) is 14.0 Å². The number of fused-ring (bicyclic) bond motifs is 2. The third-order valence-corrected chi connectivity index (χ3v) is 4.52. The molecule has 3 nitrogen and oxygen atoms in total. The molecule has 0 aromatic carbocycles. The van der Waals surface area contributed by atoms with Gasteiger partial charge in [0.1, 0.15) is 0 Å². The molecule has 2 aliphatic carbocycles. The van der Waals surface area contributed by atoms with Crippen LogP contribution in [-0.4, -0.2) is 24.4 Å². The van der Waals surface area contributed by atoms with E-state index >= 15 is 0 Å². The summed E-state index contributed by atoms with van der Waals surface area (Å²) in [5.74, 6) is 2.50. The molecule has 1 amide bonds. The molecule has 0 radical (unpaired) electrons. The molecule has 0 N–H and O–H groups in total. The number of carbonyl (C=O) groups excluding carboxylic acids is 1. The lowest BCUT2D eigenvalue weighted by atomic mass is 9.86. The summed E-state index contributed by atoms with van der Waals surface area (Å²) in [6, 6.07) is 2.18. The third-order valence-electron chi connectivity index (χ3n) is 4.52. The lowest BCUT2D eigenvalue weighted by molar-refractivity contribution is -0.131. The highest BCUT2D eigenvalue weighted by atomic mass is 16.2. The molecule has 0 saturated heterocycles. The van der Waals surface area contributed by atoms with Crippen molar-refractivity contribution in [3.8, 4) is 6.07 Å². The molecule has 0 aromatic heterocycles. The van der Waals surface area contributed by atoms with E-state index in [2.05, 4.69) is 6.07 Å². The molecule has 2 bridgehead atoms. The Morgan fingerprint density at radius 3 is 2.76 bits per heavy atom. The molecular formula is C14H22N2O. The summed E-state index contributed by atoms with van der Waals surface area (Å²) in [6.07, 6.45) is 6.04. The largest absolute Gasteiger partial charge is 0.344 e. The van der Waals surface area contributed by atoms with Crippen molar-refractivity contribution in [3.63, 3.8) is 0 Å². The monoisotopic (exact) mass is 234 g/mol. The van der Waals surface area contributed by atoms with Crippen LogP contribution in [0.1, 0.15) is 39.0 Å². The molecule has 2 saturated carbocycles. The van der Waals surface area contributed by atoms with E-state index in [-0.39, 0.29) is 11.8 Å². The lowest BCUT2D eigenvalue weighted by Gasteiger charge is -2.24. The molecule has 94 valence electrons. The van der Waals surface area contributed by atoms with Gasteiger partial charge < -0.3 is 4.90 Å². The molecule has 0 spiro atoms. The number of carbonyl (C=O) groups is 1. The second-order valence-corrected chi connectivity index (χ2v) is 5.94. The third kappa shape index (κ3) is 2.80. The number of nitriles is 1. The van der Waals surface area contributed by atoms with Crippen LogP contribution in [0.4, 0.5) is 0 Å². The molecule has 0 aromatic rings. The van der Waals surface area contributed by atoms with Gasteiger partial charge in [0, 0.05) is 20.0 Å². The standard InChI is InChI=1S/C14H22N2O/c1-10(8-15)9-16(2)14(17)7-13-6-11-3-4-12(13)5-11/h10-13H,3-7,9H2,1-2H3. The van der Waals surface area contributed by atoms with Gasteiger partial charge in [-0.3, -0.25) is 4.79 Å². The number of hydrogen-bond acceptors (Lipinski definition) is 2. The smallest absolute Gasteiger partial charge is 0.222 e. The maximum absolute atomic E-state index is 12.0. The fourth-order valence-corrected chi connectivity index (χ4v) is 3.56. The summed E-state index contributed by atoms with van der Waals surface area (Å²) in [5, 5.41) is 8.75. The van der Waals surface area contributed by atoms with Crippen molar-refractivity contribution in [2.75, 3.05) is 13.6 Å². The molecule has 4 atom stereocenters. The Morgan fingerprint density at radius 2 is 2.24 bits per heavy atom. The van der Waals surface area contributed by atoms with Gasteiger partial charge in [-0.15, -0.1) is 0 Å². The molecule has 2 aliphatic rings. The zero-order chi connectivity index (χ0) is 12.4. The van der Waals surface area contributed by atoms with Gasteiger partial charge in [-0.05, 0) is 43.9 Å². The quantitative estimate of drug-likeness (QED) is 0.750. The Bertz CT molecular complexity index is 334. The molecular weight excluding hydrogens is 212 g/mol. The van der Waals surface area contributed by atoms with Gasteiger partial charge in [-0.1, -0.05) is 6.42 Å². The first-order valence-electron chi connectivity index (χ1n) is 6.73. The number of hydrogen-bond donors (Lipinski definition) is 0. The van der Waals surface area contributed by atoms with Gasteiger partial charge >= 0.3 is 0 Å². The van der Waals surface area contributed by atoms with Gasteiger partial charge in [0.25, 0.3) is 0 Å². The minimum absolute atomic E-state index is 0.0658. The van der Waals surface area contributed by atoms with E-state index < -0.39 is 0 Å². The zero-order valence-corrected chi connectivity index (χ0v) is 10.9. The van der Waals surface area contributed by atoms with Crippen molar-refractivity contribution in [2.24, 2.45) is 23.7 Å². The Balaban J connectivity index is 1.79. The molecule has 0 heterocycles. The van der Waals surface area contributed by atoms with Crippen molar-refractivity contribution < 1.29 is 4.79 Å². The number of nitrogens with zero attached hydrogens (tertiary/aromatic N) is 2. The molecule has 2 rings (SSSR count). The summed E-state index contributed by atoms with van der Waals surface area (Å²) < 4.78 is 0. The van der Waals surface area contributed by atoms with Gasteiger partial charge in [-0.2, -0.15) is 5.26 Å². The predicted octanol–water partition coefficient (Wildman–Crippen LogP) is 2.43. The van der Waals surface area contributed by atoms with Crippen LogP contribution >= 0.6 is 0 Å². The van der Waals surface area contributed by atoms with Gasteiger partial charge in [0.05, 0.1) is 12.0 Å². The highest BCUT2D eigenvalue weighted by molar-refractivity contribution is 5.76.